The van der Waals surface area contributed by atoms with E-state index in [0.29, 0.717) is 0 Å². The highest BCUT2D eigenvalue weighted by molar-refractivity contribution is 7.09. The third-order valence-corrected chi connectivity index (χ3v) is 3.65. The van der Waals surface area contributed by atoms with Crippen molar-refractivity contribution in [3.63, 3.8) is 0 Å². The summed E-state index contributed by atoms with van der Waals surface area (Å²) >= 11 is 3.39. The van der Waals surface area contributed by atoms with Crippen LogP contribution in [0.15, 0.2) is 28.4 Å². The van der Waals surface area contributed by atoms with Crippen molar-refractivity contribution >= 4 is 22.7 Å². The molecular weight excluding hydrogens is 212 g/mol. The molecule has 2 aromatic heterocycles. The maximum Gasteiger partial charge on any atom is 0.0795 e. The van der Waals surface area contributed by atoms with Crippen molar-refractivity contribution < 1.29 is 0 Å². The number of nitrogens with two attached hydrogens (primary N) is 1. The molecule has 4 heteroatoms. The van der Waals surface area contributed by atoms with Crippen LogP contribution in [0.1, 0.15) is 23.0 Å². The number of hydrogen-bond acceptors (Lipinski definition) is 4. The highest BCUT2D eigenvalue weighted by atomic mass is 32.1. The Balaban J connectivity index is 1.87. The van der Waals surface area contributed by atoms with Gasteiger partial charge in [-0.15, -0.1) is 22.7 Å². The number of aryl methyl sites for hydroxylation is 1. The molecule has 0 saturated carbocycles. The molecule has 0 aliphatic carbocycles. The lowest BCUT2D eigenvalue weighted by atomic mass is 10.1. The van der Waals surface area contributed by atoms with Gasteiger partial charge in [0.05, 0.1) is 11.2 Å². The molecule has 74 valence electrons. The number of aromatic nitrogens is 1. The van der Waals surface area contributed by atoms with Gasteiger partial charge in [0, 0.05) is 16.3 Å². The number of thiophene rings is 1. The van der Waals surface area contributed by atoms with Gasteiger partial charge in [0.1, 0.15) is 0 Å². The fourth-order valence-corrected chi connectivity index (χ4v) is 2.65. The summed E-state index contributed by atoms with van der Waals surface area (Å²) in [6, 6.07) is 4.32. The van der Waals surface area contributed by atoms with Gasteiger partial charge in [-0.2, -0.15) is 0 Å². The molecule has 0 aliphatic rings. The van der Waals surface area contributed by atoms with Gasteiger partial charge in [0.25, 0.3) is 0 Å². The predicted octanol–water partition coefficient (Wildman–Crippen LogP) is 2.84. The van der Waals surface area contributed by atoms with E-state index in [1.54, 1.807) is 22.7 Å². The lowest BCUT2D eigenvalue weighted by Crippen LogP contribution is -2.11. The molecule has 0 spiro atoms. The van der Waals surface area contributed by atoms with Gasteiger partial charge in [-0.3, -0.25) is 0 Å². The second-order valence-corrected chi connectivity index (χ2v) is 4.89. The Morgan fingerprint density at radius 3 is 3.07 bits per heavy atom. The van der Waals surface area contributed by atoms with E-state index >= 15 is 0 Å². The Morgan fingerprint density at radius 2 is 2.43 bits per heavy atom. The van der Waals surface area contributed by atoms with E-state index in [1.165, 1.54) is 4.88 Å². The quantitative estimate of drug-likeness (QED) is 0.867. The molecule has 0 bridgehead atoms. The second-order valence-electron chi connectivity index (χ2n) is 3.14. The highest BCUT2D eigenvalue weighted by Crippen LogP contribution is 2.18. The Morgan fingerprint density at radius 1 is 1.50 bits per heavy atom. The van der Waals surface area contributed by atoms with E-state index in [-0.39, 0.29) is 6.04 Å². The predicted molar refractivity (Wildman–Crippen MR) is 61.7 cm³/mol. The largest absolute Gasteiger partial charge is 0.323 e. The van der Waals surface area contributed by atoms with Crippen LogP contribution in [0.4, 0.5) is 0 Å². The number of thiazole rings is 1. The second kappa shape index (κ2) is 4.68. The van der Waals surface area contributed by atoms with Gasteiger partial charge < -0.3 is 5.73 Å². The Labute approximate surface area is 91.4 Å². The first kappa shape index (κ1) is 9.83. The van der Waals surface area contributed by atoms with Crippen LogP contribution < -0.4 is 5.73 Å². The van der Waals surface area contributed by atoms with E-state index in [4.69, 9.17) is 5.73 Å². The van der Waals surface area contributed by atoms with Crippen molar-refractivity contribution in [2.45, 2.75) is 18.9 Å². The van der Waals surface area contributed by atoms with E-state index < -0.39 is 0 Å². The fraction of sp³-hybridized carbons (Fsp3) is 0.300. The minimum absolute atomic E-state index is 0.0864. The smallest absolute Gasteiger partial charge is 0.0795 e. The lowest BCUT2D eigenvalue weighted by molar-refractivity contribution is 0.641. The fourth-order valence-electron chi connectivity index (χ4n) is 1.31. The summed E-state index contributed by atoms with van der Waals surface area (Å²) < 4.78 is 0. The van der Waals surface area contributed by atoms with Gasteiger partial charge >= 0.3 is 0 Å². The molecule has 2 aromatic rings. The number of hydrogen-bond donors (Lipinski definition) is 1. The molecular formula is C10H12N2S2. The first-order valence-electron chi connectivity index (χ1n) is 4.52. The van der Waals surface area contributed by atoms with Crippen LogP contribution in [0.3, 0.4) is 0 Å². The zero-order valence-electron chi connectivity index (χ0n) is 7.72. The van der Waals surface area contributed by atoms with Gasteiger partial charge in [0.2, 0.25) is 0 Å². The maximum absolute atomic E-state index is 6.00. The first-order valence-corrected chi connectivity index (χ1v) is 6.34. The molecule has 14 heavy (non-hydrogen) atoms. The first-order chi connectivity index (χ1) is 6.86. The topological polar surface area (TPSA) is 38.9 Å². The van der Waals surface area contributed by atoms with E-state index in [1.807, 2.05) is 10.9 Å². The van der Waals surface area contributed by atoms with Gasteiger partial charge in [-0.05, 0) is 24.3 Å². The van der Waals surface area contributed by atoms with Crippen LogP contribution in [-0.4, -0.2) is 4.98 Å². The van der Waals surface area contributed by atoms with Crippen LogP contribution >= 0.6 is 22.7 Å². The van der Waals surface area contributed by atoms with E-state index in [9.17, 15) is 0 Å². The molecule has 0 aliphatic heterocycles. The summed E-state index contributed by atoms with van der Waals surface area (Å²) in [7, 11) is 0. The summed E-state index contributed by atoms with van der Waals surface area (Å²) in [5.41, 5.74) is 8.86. The van der Waals surface area contributed by atoms with Gasteiger partial charge in [-0.25, -0.2) is 4.98 Å². The molecule has 1 unspecified atom stereocenters. The minimum Gasteiger partial charge on any atom is -0.323 e. The number of nitrogens with zero attached hydrogens (tertiary/aromatic N) is 1. The van der Waals surface area contributed by atoms with Gasteiger partial charge in [-0.1, -0.05) is 6.07 Å². The average molecular weight is 224 g/mol. The molecule has 2 nitrogen and oxygen atoms in total. The summed E-state index contributed by atoms with van der Waals surface area (Å²) in [5.74, 6) is 0. The van der Waals surface area contributed by atoms with Crippen LogP contribution in [0, 0.1) is 0 Å². The average Bonchev–Trinajstić information content (AvgIpc) is 2.87. The Hall–Kier alpha value is -0.710. The van der Waals surface area contributed by atoms with E-state index in [0.717, 1.165) is 18.5 Å². The maximum atomic E-state index is 6.00. The summed E-state index contributed by atoms with van der Waals surface area (Å²) in [6.07, 6.45) is 2.03. The molecule has 0 fully saturated rings. The minimum atomic E-state index is 0.0864. The van der Waals surface area contributed by atoms with Crippen molar-refractivity contribution in [1.29, 1.82) is 0 Å². The van der Waals surface area contributed by atoms with Crippen LogP contribution in [0.5, 0.6) is 0 Å². The van der Waals surface area contributed by atoms with Gasteiger partial charge in [0.15, 0.2) is 0 Å². The lowest BCUT2D eigenvalue weighted by Gasteiger charge is -2.06. The number of rotatable bonds is 4. The van der Waals surface area contributed by atoms with Crippen LogP contribution in [0.25, 0.3) is 0 Å². The summed E-state index contributed by atoms with van der Waals surface area (Å²) in [5, 5.41) is 4.13. The molecule has 0 aromatic carbocycles. The third-order valence-electron chi connectivity index (χ3n) is 2.11. The zero-order valence-corrected chi connectivity index (χ0v) is 9.35. The molecule has 2 heterocycles. The van der Waals surface area contributed by atoms with E-state index in [2.05, 4.69) is 22.5 Å². The molecule has 2 N–H and O–H groups in total. The normalized spacial score (nSPS) is 12.9. The van der Waals surface area contributed by atoms with Crippen LogP contribution in [-0.2, 0) is 6.42 Å². The Bertz CT molecular complexity index is 353. The van der Waals surface area contributed by atoms with Crippen molar-refractivity contribution in [2.24, 2.45) is 5.73 Å². The van der Waals surface area contributed by atoms with Crippen molar-refractivity contribution in [3.8, 4) is 0 Å². The zero-order chi connectivity index (χ0) is 9.80. The van der Waals surface area contributed by atoms with Crippen molar-refractivity contribution in [3.05, 3.63) is 39.0 Å². The van der Waals surface area contributed by atoms with Crippen LogP contribution in [0.2, 0.25) is 0 Å². The Kier molecular flexibility index (Phi) is 3.29. The molecule has 0 radical (unpaired) electrons. The van der Waals surface area contributed by atoms with Crippen molar-refractivity contribution in [1.82, 2.24) is 4.98 Å². The summed E-state index contributed by atoms with van der Waals surface area (Å²) in [4.78, 5) is 5.61. The van der Waals surface area contributed by atoms with Crippen molar-refractivity contribution in [2.75, 3.05) is 0 Å². The molecule has 0 amide bonds. The highest BCUT2D eigenvalue weighted by Gasteiger charge is 2.07. The third kappa shape index (κ3) is 2.41. The monoisotopic (exact) mass is 224 g/mol. The molecule has 2 rings (SSSR count). The standard InChI is InChI=1S/C10H12N2S2/c11-9(10-6-13-7-12-10)4-3-8-2-1-5-14-8/h1-2,5-7,9H,3-4,11H2. The molecule has 0 saturated heterocycles. The SMILES string of the molecule is NC(CCc1cccs1)c1cscn1. The summed E-state index contributed by atoms with van der Waals surface area (Å²) in [6.45, 7) is 0. The molecule has 1 atom stereocenters.